The molecule has 0 saturated carbocycles. The lowest BCUT2D eigenvalue weighted by atomic mass is 10.2. The van der Waals surface area contributed by atoms with E-state index >= 15 is 0 Å². The summed E-state index contributed by atoms with van der Waals surface area (Å²) in [6, 6.07) is 5.83. The number of imidazole rings is 1. The smallest absolute Gasteiger partial charge is 0.193 e. The molecule has 0 aliphatic rings. The fraction of sp³-hybridized carbons (Fsp3) is 0.294. The Kier molecular flexibility index (Phi) is 7.51. The Hall–Kier alpha value is -2.01. The van der Waals surface area contributed by atoms with Gasteiger partial charge < -0.3 is 20.1 Å². The molecule has 3 rings (SSSR count). The maximum Gasteiger partial charge on any atom is 0.193 e. The molecule has 0 fully saturated rings. The summed E-state index contributed by atoms with van der Waals surface area (Å²) in [6.07, 6.45) is 4.01. The van der Waals surface area contributed by atoms with Crippen LogP contribution in [0.5, 0.6) is 11.5 Å². The van der Waals surface area contributed by atoms with Crippen molar-refractivity contribution in [2.45, 2.75) is 13.1 Å². The molecule has 0 spiro atoms. The van der Waals surface area contributed by atoms with Crippen LogP contribution in [-0.2, 0) is 13.1 Å². The van der Waals surface area contributed by atoms with Crippen molar-refractivity contribution in [2.24, 2.45) is 4.99 Å². The van der Waals surface area contributed by atoms with Gasteiger partial charge in [0.05, 0.1) is 26.5 Å². The molecule has 0 radical (unpaired) electrons. The number of thiazole rings is 1. The number of fused-ring (bicyclic) bond motifs is 1. The molecule has 2 N–H and O–H groups in total. The topological polar surface area (TPSA) is 72.2 Å². The number of nitrogens with zero attached hydrogens (tertiary/aromatic N) is 3. The lowest BCUT2D eigenvalue weighted by molar-refractivity contribution is 0.354. The van der Waals surface area contributed by atoms with Crippen molar-refractivity contribution in [2.75, 3.05) is 21.3 Å². The third-order valence-corrected chi connectivity index (χ3v) is 4.48. The molecule has 1 aromatic carbocycles. The molecule has 0 bridgehead atoms. The summed E-state index contributed by atoms with van der Waals surface area (Å²) in [5, 5.41) is 8.57. The average Bonchev–Trinajstić information content (AvgIpc) is 3.23. The van der Waals surface area contributed by atoms with Crippen molar-refractivity contribution in [3.63, 3.8) is 0 Å². The first-order chi connectivity index (χ1) is 12.2. The average molecular weight is 487 g/mol. The second-order valence-electron chi connectivity index (χ2n) is 5.29. The predicted octanol–water partition coefficient (Wildman–Crippen LogP) is 2.90. The third-order valence-electron chi connectivity index (χ3n) is 3.71. The molecule has 0 aliphatic heterocycles. The predicted molar refractivity (Wildman–Crippen MR) is 115 cm³/mol. The van der Waals surface area contributed by atoms with E-state index in [1.54, 1.807) is 32.6 Å². The Labute approximate surface area is 173 Å². The van der Waals surface area contributed by atoms with E-state index in [9.17, 15) is 0 Å². The number of ether oxygens (including phenoxy) is 2. The molecule has 0 aliphatic carbocycles. The Bertz CT molecular complexity index is 849. The molecule has 9 heteroatoms. The third kappa shape index (κ3) is 4.79. The van der Waals surface area contributed by atoms with Gasteiger partial charge in [-0.25, -0.2) is 4.98 Å². The lowest BCUT2D eigenvalue weighted by Crippen LogP contribution is -2.36. The number of methoxy groups -OCH3 is 2. The molecule has 0 amide bonds. The summed E-state index contributed by atoms with van der Waals surface area (Å²) in [6.45, 7) is 1.23. The molecule has 140 valence electrons. The Morgan fingerprint density at radius 2 is 1.96 bits per heavy atom. The summed E-state index contributed by atoms with van der Waals surface area (Å²) >= 11 is 1.62. The number of halogens is 1. The Morgan fingerprint density at radius 3 is 2.65 bits per heavy atom. The monoisotopic (exact) mass is 487 g/mol. The van der Waals surface area contributed by atoms with Crippen LogP contribution in [0.1, 0.15) is 11.3 Å². The maximum atomic E-state index is 5.33. The van der Waals surface area contributed by atoms with Crippen molar-refractivity contribution < 1.29 is 9.47 Å². The van der Waals surface area contributed by atoms with E-state index in [1.807, 2.05) is 40.4 Å². The van der Waals surface area contributed by atoms with Crippen molar-refractivity contribution >= 4 is 46.2 Å². The van der Waals surface area contributed by atoms with E-state index < -0.39 is 0 Å². The van der Waals surface area contributed by atoms with Crippen molar-refractivity contribution in [3.8, 4) is 11.5 Å². The minimum Gasteiger partial charge on any atom is -0.493 e. The normalized spacial score (nSPS) is 11.1. The summed E-state index contributed by atoms with van der Waals surface area (Å²) in [5.74, 6) is 2.14. The largest absolute Gasteiger partial charge is 0.493 e. The van der Waals surface area contributed by atoms with Crippen LogP contribution >= 0.6 is 35.3 Å². The van der Waals surface area contributed by atoms with Crippen LogP contribution in [0.15, 0.2) is 41.0 Å². The summed E-state index contributed by atoms with van der Waals surface area (Å²) in [7, 11) is 5.00. The zero-order chi connectivity index (χ0) is 17.6. The summed E-state index contributed by atoms with van der Waals surface area (Å²) < 4.78 is 12.6. The number of aliphatic imine (C=N–C) groups is 1. The highest BCUT2D eigenvalue weighted by Crippen LogP contribution is 2.27. The van der Waals surface area contributed by atoms with Gasteiger partial charge in [0.1, 0.15) is 0 Å². The van der Waals surface area contributed by atoms with Crippen molar-refractivity contribution in [3.05, 3.63) is 47.2 Å². The van der Waals surface area contributed by atoms with Gasteiger partial charge in [-0.05, 0) is 17.7 Å². The molecule has 3 aromatic rings. The van der Waals surface area contributed by atoms with Gasteiger partial charge in [0.2, 0.25) is 0 Å². The molecule has 2 heterocycles. The van der Waals surface area contributed by atoms with Crippen LogP contribution in [0.2, 0.25) is 0 Å². The number of aromatic nitrogens is 2. The molecular formula is C17H22IN5O2S. The highest BCUT2D eigenvalue weighted by Gasteiger charge is 2.06. The highest BCUT2D eigenvalue weighted by atomic mass is 127. The number of benzene rings is 1. The number of hydrogen-bond donors (Lipinski definition) is 2. The maximum absolute atomic E-state index is 5.33. The van der Waals surface area contributed by atoms with Gasteiger partial charge in [0.15, 0.2) is 22.4 Å². The zero-order valence-corrected chi connectivity index (χ0v) is 18.0. The number of guanidine groups is 1. The quantitative estimate of drug-likeness (QED) is 0.318. The van der Waals surface area contributed by atoms with Crippen LogP contribution in [0.25, 0.3) is 4.96 Å². The summed E-state index contributed by atoms with van der Waals surface area (Å²) in [5.41, 5.74) is 2.05. The van der Waals surface area contributed by atoms with Gasteiger partial charge in [-0.3, -0.25) is 9.39 Å². The van der Waals surface area contributed by atoms with E-state index in [0.717, 1.165) is 16.2 Å². The fourth-order valence-corrected chi connectivity index (χ4v) is 3.15. The second kappa shape index (κ2) is 9.62. The van der Waals surface area contributed by atoms with Gasteiger partial charge in [-0.15, -0.1) is 35.3 Å². The minimum absolute atomic E-state index is 0. The highest BCUT2D eigenvalue weighted by molar-refractivity contribution is 14.0. The molecule has 2 aromatic heterocycles. The van der Waals surface area contributed by atoms with E-state index in [1.165, 1.54) is 0 Å². The minimum atomic E-state index is 0. The van der Waals surface area contributed by atoms with Crippen LogP contribution in [0, 0.1) is 0 Å². The van der Waals surface area contributed by atoms with Crippen LogP contribution < -0.4 is 20.1 Å². The van der Waals surface area contributed by atoms with E-state index in [4.69, 9.17) is 9.47 Å². The Morgan fingerprint density at radius 1 is 1.19 bits per heavy atom. The SMILES string of the molecule is CN=C(NCc1ccc(OC)c(OC)c1)NCc1cn2ccsc2n1.I. The molecular weight excluding hydrogens is 465 g/mol. The molecule has 0 unspecified atom stereocenters. The fourth-order valence-electron chi connectivity index (χ4n) is 2.43. The van der Waals surface area contributed by atoms with Crippen molar-refractivity contribution in [1.82, 2.24) is 20.0 Å². The van der Waals surface area contributed by atoms with E-state index in [0.29, 0.717) is 30.5 Å². The second-order valence-corrected chi connectivity index (χ2v) is 6.17. The van der Waals surface area contributed by atoms with Crippen LogP contribution in [-0.4, -0.2) is 36.6 Å². The van der Waals surface area contributed by atoms with Crippen molar-refractivity contribution in [1.29, 1.82) is 0 Å². The van der Waals surface area contributed by atoms with E-state index in [-0.39, 0.29) is 24.0 Å². The van der Waals surface area contributed by atoms with E-state index in [2.05, 4.69) is 20.6 Å². The van der Waals surface area contributed by atoms with Gasteiger partial charge >= 0.3 is 0 Å². The number of nitrogens with one attached hydrogen (secondary N) is 2. The lowest BCUT2D eigenvalue weighted by Gasteiger charge is -2.13. The first-order valence-corrected chi connectivity index (χ1v) is 8.68. The number of rotatable bonds is 6. The van der Waals surface area contributed by atoms with Gasteiger partial charge in [-0.2, -0.15) is 0 Å². The number of hydrogen-bond acceptors (Lipinski definition) is 5. The van der Waals surface area contributed by atoms with Gasteiger partial charge in [-0.1, -0.05) is 6.07 Å². The van der Waals surface area contributed by atoms with Crippen LogP contribution in [0.4, 0.5) is 0 Å². The molecule has 26 heavy (non-hydrogen) atoms. The standard InChI is InChI=1S/C17H21N5O2S.HI/c1-18-16(20-10-13-11-22-6-7-25-17(22)21-13)19-9-12-4-5-14(23-2)15(8-12)24-3;/h4-8,11H,9-10H2,1-3H3,(H2,18,19,20);1H. The molecule has 0 saturated heterocycles. The van der Waals surface area contributed by atoms with Gasteiger partial charge in [0.25, 0.3) is 0 Å². The molecule has 7 nitrogen and oxygen atoms in total. The Balaban J connectivity index is 0.00000243. The zero-order valence-electron chi connectivity index (χ0n) is 14.9. The molecule has 0 atom stereocenters. The first-order valence-electron chi connectivity index (χ1n) is 7.80. The van der Waals surface area contributed by atoms with Gasteiger partial charge in [0, 0.05) is 31.4 Å². The van der Waals surface area contributed by atoms with Crippen LogP contribution in [0.3, 0.4) is 0 Å². The summed E-state index contributed by atoms with van der Waals surface area (Å²) in [4.78, 5) is 9.78. The first kappa shape index (κ1) is 20.3.